The molecule has 8 nitrogen and oxygen atoms in total. The standard InChI is InChI=1S/C85H163N2O6P/c1-6-8-10-12-14-16-18-20-22-24-26-28-30-32-34-36-38-39-40-41-42-43-44-45-46-47-49-51-53-55-57-59-61-63-65-67-69-71-73-75-77-79-85(89)86-83(82-93-94(90,91)92-81-80-87(3,4)5)84(88)78-76-74-72-70-68-66-64-62-60-58-56-54-52-50-48-37-35-33-31-29-27-25-23-21-19-17-15-13-11-9-7-2/h8,10,14,16,20,22,26,28,76,78,83-84,88H,6-7,9,11-13,15,17-19,21,23-25,27,29-75,77,79-82H2,1-5H3,(H-,86,89,90,91)/b10-8-,16-14-,22-20-,28-26-,78-76+. The van der Waals surface area contributed by atoms with E-state index >= 15 is 0 Å². The quantitative estimate of drug-likeness (QED) is 0.0272. The maximum Gasteiger partial charge on any atom is 0.268 e. The summed E-state index contributed by atoms with van der Waals surface area (Å²) >= 11 is 0. The highest BCUT2D eigenvalue weighted by Gasteiger charge is 2.23. The summed E-state index contributed by atoms with van der Waals surface area (Å²) in [5.41, 5.74) is 0. The van der Waals surface area contributed by atoms with Gasteiger partial charge < -0.3 is 28.8 Å². The van der Waals surface area contributed by atoms with Gasteiger partial charge in [-0.2, -0.15) is 0 Å². The Morgan fingerprint density at radius 2 is 0.649 bits per heavy atom. The van der Waals surface area contributed by atoms with E-state index in [1.165, 1.54) is 340 Å². The molecule has 2 N–H and O–H groups in total. The number of carbonyl (C=O) groups is 1. The molecule has 1 amide bonds. The van der Waals surface area contributed by atoms with Crippen LogP contribution in [0.5, 0.6) is 0 Å². The normalized spacial score (nSPS) is 13.7. The molecule has 0 heterocycles. The van der Waals surface area contributed by atoms with E-state index in [1.54, 1.807) is 6.08 Å². The number of unbranched alkanes of at least 4 members (excludes halogenated alkanes) is 57. The van der Waals surface area contributed by atoms with Crippen LogP contribution in [0.15, 0.2) is 60.8 Å². The van der Waals surface area contributed by atoms with Crippen molar-refractivity contribution in [2.75, 3.05) is 40.9 Å². The number of amides is 1. The molecule has 0 aromatic heterocycles. The van der Waals surface area contributed by atoms with E-state index in [0.29, 0.717) is 17.4 Å². The van der Waals surface area contributed by atoms with Crippen LogP contribution in [0.2, 0.25) is 0 Å². The van der Waals surface area contributed by atoms with Crippen molar-refractivity contribution in [1.82, 2.24) is 5.32 Å². The van der Waals surface area contributed by atoms with Crippen molar-refractivity contribution in [2.45, 2.75) is 437 Å². The summed E-state index contributed by atoms with van der Waals surface area (Å²) < 4.78 is 23.5. The molecule has 0 aliphatic heterocycles. The number of carbonyl (C=O) groups excluding carboxylic acids is 1. The lowest BCUT2D eigenvalue weighted by molar-refractivity contribution is -0.870. The molecule has 0 aromatic carbocycles. The Kier molecular flexibility index (Phi) is 74.0. The van der Waals surface area contributed by atoms with Crippen molar-refractivity contribution >= 4 is 13.7 Å². The largest absolute Gasteiger partial charge is 0.756 e. The third kappa shape index (κ3) is 77.6. The number of aliphatic hydroxyl groups is 1. The molecular formula is C85H163N2O6P. The molecule has 0 bridgehead atoms. The van der Waals surface area contributed by atoms with Crippen LogP contribution in [0.3, 0.4) is 0 Å². The summed E-state index contributed by atoms with van der Waals surface area (Å²) in [6.07, 6.45) is 106. The molecule has 94 heavy (non-hydrogen) atoms. The summed E-state index contributed by atoms with van der Waals surface area (Å²) in [5.74, 6) is -0.188. The van der Waals surface area contributed by atoms with Crippen LogP contribution in [0.4, 0.5) is 0 Å². The second kappa shape index (κ2) is 75.4. The van der Waals surface area contributed by atoms with Gasteiger partial charge in [-0.15, -0.1) is 0 Å². The van der Waals surface area contributed by atoms with Crippen LogP contribution >= 0.6 is 7.82 Å². The first-order valence-corrected chi connectivity index (χ1v) is 43.1. The first-order valence-electron chi connectivity index (χ1n) is 41.7. The van der Waals surface area contributed by atoms with Gasteiger partial charge in [-0.1, -0.05) is 421 Å². The van der Waals surface area contributed by atoms with Crippen molar-refractivity contribution in [1.29, 1.82) is 0 Å². The summed E-state index contributed by atoms with van der Waals surface area (Å²) in [6, 6.07) is -0.888. The van der Waals surface area contributed by atoms with E-state index in [2.05, 4.69) is 67.8 Å². The van der Waals surface area contributed by atoms with Gasteiger partial charge in [-0.3, -0.25) is 9.36 Å². The van der Waals surface area contributed by atoms with Crippen molar-refractivity contribution in [3.63, 3.8) is 0 Å². The van der Waals surface area contributed by atoms with Crippen LogP contribution in [-0.2, 0) is 18.4 Å². The molecule has 3 unspecified atom stereocenters. The van der Waals surface area contributed by atoms with Crippen LogP contribution in [0.25, 0.3) is 0 Å². The molecule has 0 aliphatic carbocycles. The third-order valence-corrected chi connectivity index (χ3v) is 20.2. The highest BCUT2D eigenvalue weighted by atomic mass is 31.2. The van der Waals surface area contributed by atoms with E-state index in [1.807, 2.05) is 27.2 Å². The van der Waals surface area contributed by atoms with Gasteiger partial charge in [0.25, 0.3) is 7.82 Å². The fourth-order valence-corrected chi connectivity index (χ4v) is 13.6. The monoisotopic (exact) mass is 1340 g/mol. The number of nitrogens with zero attached hydrogens (tertiary/aromatic N) is 1. The van der Waals surface area contributed by atoms with Crippen LogP contribution in [0.1, 0.15) is 425 Å². The lowest BCUT2D eigenvalue weighted by Gasteiger charge is -2.29. The summed E-state index contributed by atoms with van der Waals surface area (Å²) in [6.45, 7) is 4.60. The smallest absolute Gasteiger partial charge is 0.268 e. The highest BCUT2D eigenvalue weighted by molar-refractivity contribution is 7.45. The zero-order valence-corrected chi connectivity index (χ0v) is 64.6. The number of hydrogen-bond acceptors (Lipinski definition) is 6. The molecule has 0 saturated carbocycles. The van der Waals surface area contributed by atoms with E-state index in [-0.39, 0.29) is 19.1 Å². The second-order valence-corrected chi connectivity index (χ2v) is 31.2. The lowest BCUT2D eigenvalue weighted by Crippen LogP contribution is -2.45. The molecule has 0 spiro atoms. The molecule has 0 rings (SSSR count). The maximum absolute atomic E-state index is 13.1. The third-order valence-electron chi connectivity index (χ3n) is 19.2. The van der Waals surface area contributed by atoms with Crippen molar-refractivity contribution in [3.8, 4) is 0 Å². The number of phosphoric acid groups is 1. The minimum absolute atomic E-state index is 0.00112. The second-order valence-electron chi connectivity index (χ2n) is 29.8. The molecule has 0 saturated heterocycles. The minimum atomic E-state index is -4.61. The zero-order chi connectivity index (χ0) is 68.3. The van der Waals surface area contributed by atoms with Gasteiger partial charge in [0.05, 0.1) is 39.9 Å². The lowest BCUT2D eigenvalue weighted by atomic mass is 10.0. The van der Waals surface area contributed by atoms with Gasteiger partial charge >= 0.3 is 0 Å². The summed E-state index contributed by atoms with van der Waals surface area (Å²) in [7, 11) is 1.28. The van der Waals surface area contributed by atoms with Crippen molar-refractivity contribution < 1.29 is 32.9 Å². The predicted octanol–water partition coefficient (Wildman–Crippen LogP) is 26.8. The molecule has 3 atom stereocenters. The molecule has 0 radical (unpaired) electrons. The molecule has 554 valence electrons. The van der Waals surface area contributed by atoms with E-state index in [9.17, 15) is 19.4 Å². The number of allylic oxidation sites excluding steroid dienone is 9. The Labute approximate surface area is 587 Å². The molecular weight excluding hydrogens is 1180 g/mol. The van der Waals surface area contributed by atoms with E-state index < -0.39 is 20.0 Å². The summed E-state index contributed by atoms with van der Waals surface area (Å²) in [4.78, 5) is 25.7. The van der Waals surface area contributed by atoms with E-state index in [0.717, 1.165) is 64.2 Å². The first-order chi connectivity index (χ1) is 46.0. The predicted molar refractivity (Wildman–Crippen MR) is 413 cm³/mol. The number of nitrogens with one attached hydrogen (secondary N) is 1. The van der Waals surface area contributed by atoms with Gasteiger partial charge in [0.2, 0.25) is 5.91 Å². The molecule has 0 fully saturated rings. The van der Waals surface area contributed by atoms with Crippen LogP contribution in [-0.4, -0.2) is 68.5 Å². The highest BCUT2D eigenvalue weighted by Crippen LogP contribution is 2.38. The van der Waals surface area contributed by atoms with Gasteiger partial charge in [0.1, 0.15) is 13.2 Å². The maximum atomic E-state index is 13.1. The minimum Gasteiger partial charge on any atom is -0.756 e. The number of aliphatic hydroxyl groups excluding tert-OH is 1. The zero-order valence-electron chi connectivity index (χ0n) is 63.7. The van der Waals surface area contributed by atoms with Gasteiger partial charge in [0.15, 0.2) is 0 Å². The van der Waals surface area contributed by atoms with Gasteiger partial charge in [0, 0.05) is 6.42 Å². The van der Waals surface area contributed by atoms with Crippen molar-refractivity contribution in [3.05, 3.63) is 60.8 Å². The number of quaternary nitrogens is 1. The Morgan fingerprint density at radius 1 is 0.383 bits per heavy atom. The van der Waals surface area contributed by atoms with Gasteiger partial charge in [-0.05, 0) is 57.8 Å². The first kappa shape index (κ1) is 92.2. The number of rotatable bonds is 78. The van der Waals surface area contributed by atoms with Gasteiger partial charge in [-0.25, -0.2) is 0 Å². The SMILES string of the molecule is CC/C=C\C/C=C\C/C=C\C/C=C\CCCCCCCCCCCCCCCCCCCCCCCCCCCCCCC(=O)NC(COP(=O)([O-])OCC[N+](C)(C)C)C(O)/C=C/CCCCCCCCCCCCCCCCCCCCCCCCCCCCCCC. The Bertz CT molecular complexity index is 1720. The van der Waals surface area contributed by atoms with E-state index in [4.69, 9.17) is 9.05 Å². The van der Waals surface area contributed by atoms with Crippen molar-refractivity contribution in [2.24, 2.45) is 0 Å². The average Bonchev–Trinajstić information content (AvgIpc) is 1.77. The fraction of sp³-hybridized carbons (Fsp3) is 0.871. The van der Waals surface area contributed by atoms with Crippen LogP contribution < -0.4 is 10.2 Å². The van der Waals surface area contributed by atoms with Crippen LogP contribution in [0, 0.1) is 0 Å². The molecule has 0 aromatic rings. The molecule has 0 aliphatic rings. The topological polar surface area (TPSA) is 108 Å². The Morgan fingerprint density at radius 3 is 0.947 bits per heavy atom. The summed E-state index contributed by atoms with van der Waals surface area (Å²) in [5, 5.41) is 14.0. The number of phosphoric ester groups is 1. The molecule has 9 heteroatoms. The fourth-order valence-electron chi connectivity index (χ4n) is 12.9. The Balaban J connectivity index is 3.90. The number of hydrogen-bond donors (Lipinski definition) is 2. The average molecular weight is 1340 g/mol. The number of likely N-dealkylation sites (N-methyl/N-ethyl adjacent to an activating group) is 1. The Hall–Kier alpha value is -1.80.